The summed E-state index contributed by atoms with van der Waals surface area (Å²) in [6.45, 7) is 2.96. The average Bonchev–Trinajstić information content (AvgIpc) is 2.20. The normalized spacial score (nSPS) is 12.1. The highest BCUT2D eigenvalue weighted by molar-refractivity contribution is 5.82. The van der Waals surface area contributed by atoms with Crippen molar-refractivity contribution in [2.24, 2.45) is 0 Å². The molecule has 3 N–H and O–H groups in total. The first-order valence-corrected chi connectivity index (χ1v) is 5.27. The van der Waals surface area contributed by atoms with E-state index in [-0.39, 0.29) is 12.5 Å². The first-order chi connectivity index (χ1) is 7.57. The van der Waals surface area contributed by atoms with Crippen molar-refractivity contribution >= 4 is 11.9 Å². The third-order valence-corrected chi connectivity index (χ3v) is 1.98. The number of carbonyl (C=O) groups excluding carboxylic acids is 1. The van der Waals surface area contributed by atoms with E-state index in [1.165, 1.54) is 6.92 Å². The molecule has 6 nitrogen and oxygen atoms in total. The molecule has 0 aromatic carbocycles. The minimum atomic E-state index is -1.03. The van der Waals surface area contributed by atoms with Crippen molar-refractivity contribution in [1.82, 2.24) is 10.6 Å². The molecule has 0 radical (unpaired) electrons. The number of ether oxygens (including phenoxy) is 1. The predicted octanol–water partition coefficient (Wildman–Crippen LogP) is -0.408. The number of hydrogen-bond acceptors (Lipinski definition) is 4. The lowest BCUT2D eigenvalue weighted by Gasteiger charge is -2.13. The highest BCUT2D eigenvalue weighted by Gasteiger charge is 2.16. The molecule has 0 spiro atoms. The zero-order chi connectivity index (χ0) is 12.4. The second-order valence-corrected chi connectivity index (χ2v) is 3.50. The van der Waals surface area contributed by atoms with Crippen LogP contribution in [0.5, 0.6) is 0 Å². The molecule has 16 heavy (non-hydrogen) atoms. The maximum absolute atomic E-state index is 10.7. The molecular weight excluding hydrogens is 212 g/mol. The summed E-state index contributed by atoms with van der Waals surface area (Å²) in [5.74, 6) is -1.37. The average molecular weight is 232 g/mol. The molecule has 0 bridgehead atoms. The number of unbranched alkanes of at least 4 members (excludes halogenated alkanes) is 1. The lowest BCUT2D eigenvalue weighted by molar-refractivity contribution is -0.141. The minimum Gasteiger partial charge on any atom is -0.480 e. The topological polar surface area (TPSA) is 87.7 Å². The van der Waals surface area contributed by atoms with E-state index in [0.717, 1.165) is 12.8 Å². The highest BCUT2D eigenvalue weighted by atomic mass is 16.5. The molecule has 1 atom stereocenters. The Kier molecular flexibility index (Phi) is 8.46. The Bertz CT molecular complexity index is 221. The summed E-state index contributed by atoms with van der Waals surface area (Å²) in [7, 11) is 1.64. The van der Waals surface area contributed by atoms with Gasteiger partial charge in [0.05, 0.1) is 0 Å². The number of carboxylic acids is 1. The van der Waals surface area contributed by atoms with Crippen molar-refractivity contribution in [1.29, 1.82) is 0 Å². The quantitative estimate of drug-likeness (QED) is 0.470. The third kappa shape index (κ3) is 8.19. The standard InChI is InChI=1S/C10H20N2O4/c1-8(13)12-9(10(14)15)7-11-5-3-4-6-16-2/h9,11H,3-7H2,1-2H3,(H,12,13)(H,14,15). The molecule has 0 rings (SSSR count). The van der Waals surface area contributed by atoms with Crippen LogP contribution in [0.3, 0.4) is 0 Å². The maximum Gasteiger partial charge on any atom is 0.327 e. The van der Waals surface area contributed by atoms with Crippen molar-refractivity contribution in [2.75, 3.05) is 26.8 Å². The van der Waals surface area contributed by atoms with E-state index >= 15 is 0 Å². The molecule has 0 aromatic heterocycles. The van der Waals surface area contributed by atoms with Gasteiger partial charge in [-0.15, -0.1) is 0 Å². The second-order valence-electron chi connectivity index (χ2n) is 3.50. The second kappa shape index (κ2) is 9.11. The molecule has 1 amide bonds. The van der Waals surface area contributed by atoms with Crippen LogP contribution in [0, 0.1) is 0 Å². The first kappa shape index (κ1) is 14.9. The van der Waals surface area contributed by atoms with Gasteiger partial charge >= 0.3 is 5.97 Å². The summed E-state index contributed by atoms with van der Waals surface area (Å²) >= 11 is 0. The van der Waals surface area contributed by atoms with Crippen LogP contribution in [0.1, 0.15) is 19.8 Å². The van der Waals surface area contributed by atoms with Crippen LogP contribution in [-0.2, 0) is 14.3 Å². The Morgan fingerprint density at radius 3 is 2.56 bits per heavy atom. The molecule has 0 fully saturated rings. The number of rotatable bonds is 9. The molecule has 0 saturated carbocycles. The Hall–Kier alpha value is -1.14. The van der Waals surface area contributed by atoms with Crippen LogP contribution in [0.2, 0.25) is 0 Å². The molecule has 0 aliphatic carbocycles. The predicted molar refractivity (Wildman–Crippen MR) is 59.2 cm³/mol. The first-order valence-electron chi connectivity index (χ1n) is 5.27. The van der Waals surface area contributed by atoms with Gasteiger partial charge in [0.1, 0.15) is 6.04 Å². The van der Waals surface area contributed by atoms with Crippen LogP contribution in [0.25, 0.3) is 0 Å². The molecule has 0 saturated heterocycles. The van der Waals surface area contributed by atoms with E-state index in [4.69, 9.17) is 9.84 Å². The largest absolute Gasteiger partial charge is 0.480 e. The summed E-state index contributed by atoms with van der Waals surface area (Å²) in [5.41, 5.74) is 0. The number of carbonyl (C=O) groups is 2. The Morgan fingerprint density at radius 2 is 2.06 bits per heavy atom. The van der Waals surface area contributed by atoms with Crippen LogP contribution >= 0.6 is 0 Å². The molecule has 0 heterocycles. The van der Waals surface area contributed by atoms with Crippen molar-refractivity contribution in [3.63, 3.8) is 0 Å². The number of nitrogens with one attached hydrogen (secondary N) is 2. The van der Waals surface area contributed by atoms with Crippen LogP contribution in [0.15, 0.2) is 0 Å². The summed E-state index contributed by atoms with van der Waals surface area (Å²) < 4.78 is 4.88. The molecule has 0 aliphatic rings. The molecule has 1 unspecified atom stereocenters. The van der Waals surface area contributed by atoms with E-state index in [0.29, 0.717) is 13.2 Å². The van der Waals surface area contributed by atoms with Crippen molar-refractivity contribution < 1.29 is 19.4 Å². The molecule has 0 aromatic rings. The number of aliphatic carboxylic acids is 1. The van der Waals surface area contributed by atoms with E-state index in [2.05, 4.69) is 10.6 Å². The van der Waals surface area contributed by atoms with Gasteiger partial charge in [0.15, 0.2) is 0 Å². The van der Waals surface area contributed by atoms with Crippen molar-refractivity contribution in [3.8, 4) is 0 Å². The van der Waals surface area contributed by atoms with Gasteiger partial charge in [-0.1, -0.05) is 0 Å². The molecule has 94 valence electrons. The smallest absolute Gasteiger partial charge is 0.327 e. The number of amides is 1. The number of methoxy groups -OCH3 is 1. The fraction of sp³-hybridized carbons (Fsp3) is 0.800. The van der Waals surface area contributed by atoms with Crippen LogP contribution in [-0.4, -0.2) is 49.8 Å². The van der Waals surface area contributed by atoms with E-state index in [1.807, 2.05) is 0 Å². The summed E-state index contributed by atoms with van der Waals surface area (Å²) in [6, 6.07) is -0.861. The van der Waals surface area contributed by atoms with E-state index in [9.17, 15) is 9.59 Å². The summed E-state index contributed by atoms with van der Waals surface area (Å²) in [5, 5.41) is 14.1. The van der Waals surface area contributed by atoms with Gasteiger partial charge in [0.25, 0.3) is 0 Å². The minimum absolute atomic E-state index is 0.238. The Morgan fingerprint density at radius 1 is 1.38 bits per heavy atom. The lowest BCUT2D eigenvalue weighted by atomic mass is 10.2. The zero-order valence-corrected chi connectivity index (χ0v) is 9.78. The van der Waals surface area contributed by atoms with Gasteiger partial charge in [-0.2, -0.15) is 0 Å². The van der Waals surface area contributed by atoms with E-state index in [1.54, 1.807) is 7.11 Å². The molecular formula is C10H20N2O4. The third-order valence-electron chi connectivity index (χ3n) is 1.98. The van der Waals surface area contributed by atoms with Crippen molar-refractivity contribution in [3.05, 3.63) is 0 Å². The molecule has 6 heteroatoms. The fourth-order valence-electron chi connectivity index (χ4n) is 1.19. The lowest BCUT2D eigenvalue weighted by Crippen LogP contribution is -2.46. The monoisotopic (exact) mass is 232 g/mol. The van der Waals surface area contributed by atoms with Crippen molar-refractivity contribution in [2.45, 2.75) is 25.8 Å². The van der Waals surface area contributed by atoms with Gasteiger partial charge in [-0.3, -0.25) is 4.79 Å². The van der Waals surface area contributed by atoms with Gasteiger partial charge in [-0.05, 0) is 19.4 Å². The number of hydrogen-bond donors (Lipinski definition) is 3. The SMILES string of the molecule is COCCCCNCC(NC(C)=O)C(=O)O. The van der Waals surface area contributed by atoms with Crippen LogP contribution in [0.4, 0.5) is 0 Å². The Balaban J connectivity index is 3.60. The summed E-state index contributed by atoms with van der Waals surface area (Å²) in [6.07, 6.45) is 1.85. The van der Waals surface area contributed by atoms with Crippen LogP contribution < -0.4 is 10.6 Å². The van der Waals surface area contributed by atoms with Gasteiger partial charge in [0.2, 0.25) is 5.91 Å². The van der Waals surface area contributed by atoms with Gasteiger partial charge in [-0.25, -0.2) is 4.79 Å². The highest BCUT2D eigenvalue weighted by Crippen LogP contribution is 1.88. The molecule has 0 aliphatic heterocycles. The van der Waals surface area contributed by atoms with Gasteiger partial charge in [0, 0.05) is 27.2 Å². The van der Waals surface area contributed by atoms with Gasteiger partial charge < -0.3 is 20.5 Å². The fourth-order valence-corrected chi connectivity index (χ4v) is 1.19. The number of carboxylic acid groups (broad SMARTS) is 1. The maximum atomic E-state index is 10.7. The Labute approximate surface area is 95.4 Å². The zero-order valence-electron chi connectivity index (χ0n) is 9.78. The summed E-state index contributed by atoms with van der Waals surface area (Å²) in [4.78, 5) is 21.4. The van der Waals surface area contributed by atoms with E-state index < -0.39 is 12.0 Å².